The van der Waals surface area contributed by atoms with Crippen LogP contribution in [0.25, 0.3) is 0 Å². The Morgan fingerprint density at radius 1 is 1.48 bits per heavy atom. The van der Waals surface area contributed by atoms with Crippen LogP contribution in [-0.2, 0) is 16.0 Å². The Morgan fingerprint density at radius 3 is 2.76 bits per heavy atom. The summed E-state index contributed by atoms with van der Waals surface area (Å²) in [5.41, 5.74) is -0.504. The minimum Gasteiger partial charge on any atom is -0.494 e. The van der Waals surface area contributed by atoms with Crippen molar-refractivity contribution in [1.82, 2.24) is 4.90 Å². The number of hydrogen-bond acceptors (Lipinski definition) is 3. The van der Waals surface area contributed by atoms with Gasteiger partial charge in [-0.1, -0.05) is 6.07 Å². The minimum atomic E-state index is -1.02. The summed E-state index contributed by atoms with van der Waals surface area (Å²) in [4.78, 5) is 25.2. The third kappa shape index (κ3) is 2.05. The third-order valence-electron chi connectivity index (χ3n) is 4.48. The van der Waals surface area contributed by atoms with E-state index in [1.165, 1.54) is 24.1 Å². The number of rotatable bonds is 4. The maximum absolute atomic E-state index is 13.6. The zero-order valence-corrected chi connectivity index (χ0v) is 11.6. The number of aliphatic carboxylic acids is 1. The standard InChI is InChI=1S/C15H16FNO4/c1-21-12-3-2-9(4-11(12)16)5-13(18)17-8-10-6-15(17,7-10)14(19)20/h2-4,10H,5-8H2,1H3,(H,19,20). The van der Waals surface area contributed by atoms with E-state index in [9.17, 15) is 19.1 Å². The molecule has 21 heavy (non-hydrogen) atoms. The number of halogens is 1. The van der Waals surface area contributed by atoms with Crippen molar-refractivity contribution < 1.29 is 23.8 Å². The number of nitrogens with zero attached hydrogens (tertiary/aromatic N) is 1. The van der Waals surface area contributed by atoms with Crippen molar-refractivity contribution in [1.29, 1.82) is 0 Å². The van der Waals surface area contributed by atoms with Crippen molar-refractivity contribution in [3.05, 3.63) is 29.6 Å². The Labute approximate surface area is 121 Å². The molecule has 112 valence electrons. The molecule has 2 bridgehead atoms. The van der Waals surface area contributed by atoms with E-state index in [2.05, 4.69) is 0 Å². The van der Waals surface area contributed by atoms with E-state index in [-0.39, 0.29) is 24.0 Å². The molecule has 0 unspecified atom stereocenters. The Kier molecular flexibility index (Phi) is 3.11. The zero-order chi connectivity index (χ0) is 15.2. The highest BCUT2D eigenvalue weighted by atomic mass is 19.1. The normalized spacial score (nSPS) is 26.4. The van der Waals surface area contributed by atoms with E-state index in [1.54, 1.807) is 6.07 Å². The van der Waals surface area contributed by atoms with Crippen LogP contribution in [0, 0.1) is 11.7 Å². The van der Waals surface area contributed by atoms with Crippen LogP contribution in [0.1, 0.15) is 18.4 Å². The molecule has 2 saturated heterocycles. The number of benzene rings is 1. The first kappa shape index (κ1) is 13.9. The molecule has 3 fully saturated rings. The van der Waals surface area contributed by atoms with Gasteiger partial charge >= 0.3 is 5.97 Å². The van der Waals surface area contributed by atoms with Gasteiger partial charge in [0.15, 0.2) is 11.6 Å². The summed E-state index contributed by atoms with van der Waals surface area (Å²) in [5, 5.41) is 9.34. The topological polar surface area (TPSA) is 66.8 Å². The second-order valence-electron chi connectivity index (χ2n) is 5.76. The van der Waals surface area contributed by atoms with Crippen molar-refractivity contribution in [2.24, 2.45) is 5.92 Å². The molecule has 6 heteroatoms. The first-order valence-electron chi connectivity index (χ1n) is 6.82. The Bertz CT molecular complexity index is 610. The SMILES string of the molecule is COc1ccc(CC(=O)N2CC3CC2(C(=O)O)C3)cc1F. The molecule has 0 atom stereocenters. The highest BCUT2D eigenvalue weighted by Gasteiger charge is 2.62. The van der Waals surface area contributed by atoms with E-state index in [0.717, 1.165) is 0 Å². The van der Waals surface area contributed by atoms with Gasteiger partial charge in [-0.05, 0) is 36.5 Å². The fraction of sp³-hybridized carbons (Fsp3) is 0.467. The smallest absolute Gasteiger partial charge is 0.329 e. The predicted octanol–water partition coefficient (Wildman–Crippen LogP) is 1.45. The van der Waals surface area contributed by atoms with Gasteiger partial charge in [-0.25, -0.2) is 9.18 Å². The number of carboxylic acids is 1. The summed E-state index contributed by atoms with van der Waals surface area (Å²) in [5.74, 6) is -1.32. The van der Waals surface area contributed by atoms with Gasteiger partial charge in [-0.15, -0.1) is 0 Å². The van der Waals surface area contributed by atoms with Crippen molar-refractivity contribution in [2.75, 3.05) is 13.7 Å². The monoisotopic (exact) mass is 293 g/mol. The van der Waals surface area contributed by atoms with Gasteiger partial charge in [0.1, 0.15) is 5.54 Å². The van der Waals surface area contributed by atoms with Gasteiger partial charge in [0.25, 0.3) is 0 Å². The van der Waals surface area contributed by atoms with Crippen LogP contribution in [0.3, 0.4) is 0 Å². The quantitative estimate of drug-likeness (QED) is 0.912. The number of fused-ring (bicyclic) bond motifs is 1. The summed E-state index contributed by atoms with van der Waals surface area (Å²) in [6.07, 6.45) is 1.07. The van der Waals surface area contributed by atoms with Crippen molar-refractivity contribution in [3.63, 3.8) is 0 Å². The molecule has 1 saturated carbocycles. The molecule has 4 rings (SSSR count). The molecule has 5 nitrogen and oxygen atoms in total. The maximum Gasteiger partial charge on any atom is 0.329 e. The second kappa shape index (κ2) is 4.72. The van der Waals surface area contributed by atoms with Gasteiger partial charge in [-0.3, -0.25) is 4.79 Å². The molecule has 1 aliphatic carbocycles. The molecule has 2 heterocycles. The van der Waals surface area contributed by atoms with Gasteiger partial charge < -0.3 is 14.7 Å². The van der Waals surface area contributed by atoms with Crippen LogP contribution in [-0.4, -0.2) is 41.1 Å². The molecule has 1 aromatic rings. The molecular weight excluding hydrogens is 277 g/mol. The summed E-state index contributed by atoms with van der Waals surface area (Å²) >= 11 is 0. The van der Waals surface area contributed by atoms with E-state index in [0.29, 0.717) is 24.9 Å². The van der Waals surface area contributed by atoms with Gasteiger partial charge in [0, 0.05) is 6.54 Å². The van der Waals surface area contributed by atoms with Crippen LogP contribution in [0.2, 0.25) is 0 Å². The lowest BCUT2D eigenvalue weighted by atomic mass is 9.73. The molecule has 0 spiro atoms. The van der Waals surface area contributed by atoms with E-state index in [1.807, 2.05) is 0 Å². The fourth-order valence-electron chi connectivity index (χ4n) is 3.40. The molecule has 3 aliphatic rings. The van der Waals surface area contributed by atoms with Gasteiger partial charge in [0.05, 0.1) is 13.5 Å². The number of carbonyl (C=O) groups excluding carboxylic acids is 1. The Morgan fingerprint density at radius 2 is 2.19 bits per heavy atom. The number of carbonyl (C=O) groups is 2. The lowest BCUT2D eigenvalue weighted by Crippen LogP contribution is -2.54. The molecule has 0 aromatic heterocycles. The van der Waals surface area contributed by atoms with E-state index >= 15 is 0 Å². The molecule has 2 aliphatic heterocycles. The van der Waals surface area contributed by atoms with Crippen LogP contribution < -0.4 is 4.74 Å². The van der Waals surface area contributed by atoms with Gasteiger partial charge in [0.2, 0.25) is 5.91 Å². The largest absolute Gasteiger partial charge is 0.494 e. The lowest BCUT2D eigenvalue weighted by molar-refractivity contribution is -0.158. The lowest BCUT2D eigenvalue weighted by Gasteiger charge is -2.37. The molecule has 0 radical (unpaired) electrons. The van der Waals surface area contributed by atoms with Crippen LogP contribution in [0.5, 0.6) is 5.75 Å². The number of amides is 1. The first-order chi connectivity index (χ1) is 9.96. The number of methoxy groups -OCH3 is 1. The number of ether oxygens (including phenoxy) is 1. The summed E-state index contributed by atoms with van der Waals surface area (Å²) in [7, 11) is 1.37. The summed E-state index contributed by atoms with van der Waals surface area (Å²) < 4.78 is 18.5. The van der Waals surface area contributed by atoms with Crippen molar-refractivity contribution in [2.45, 2.75) is 24.8 Å². The van der Waals surface area contributed by atoms with Crippen LogP contribution in [0.15, 0.2) is 18.2 Å². The summed E-state index contributed by atoms with van der Waals surface area (Å²) in [6, 6.07) is 4.34. The van der Waals surface area contributed by atoms with Crippen LogP contribution in [0.4, 0.5) is 4.39 Å². The van der Waals surface area contributed by atoms with E-state index in [4.69, 9.17) is 4.74 Å². The predicted molar refractivity (Wildman–Crippen MR) is 71.5 cm³/mol. The fourth-order valence-corrected chi connectivity index (χ4v) is 3.40. The molecule has 1 aromatic carbocycles. The average Bonchev–Trinajstić information content (AvgIpc) is 2.94. The van der Waals surface area contributed by atoms with Gasteiger partial charge in [-0.2, -0.15) is 0 Å². The molecule has 1 N–H and O–H groups in total. The summed E-state index contributed by atoms with van der Waals surface area (Å²) in [6.45, 7) is 0.490. The van der Waals surface area contributed by atoms with Crippen molar-refractivity contribution >= 4 is 11.9 Å². The first-order valence-corrected chi connectivity index (χ1v) is 6.82. The zero-order valence-electron chi connectivity index (χ0n) is 11.6. The number of carboxylic acid groups (broad SMARTS) is 1. The van der Waals surface area contributed by atoms with Crippen LogP contribution >= 0.6 is 0 Å². The highest BCUT2D eigenvalue weighted by molar-refractivity contribution is 5.90. The Balaban J connectivity index is 1.75. The third-order valence-corrected chi connectivity index (χ3v) is 4.48. The highest BCUT2D eigenvalue weighted by Crippen LogP contribution is 2.50. The minimum absolute atomic E-state index is 0.00264. The van der Waals surface area contributed by atoms with E-state index < -0.39 is 17.3 Å². The Hall–Kier alpha value is -2.11. The maximum atomic E-state index is 13.6. The second-order valence-corrected chi connectivity index (χ2v) is 5.76. The molecular formula is C15H16FNO4. The number of hydrogen-bond donors (Lipinski definition) is 1. The molecule has 1 amide bonds. The average molecular weight is 293 g/mol. The van der Waals surface area contributed by atoms with Crippen molar-refractivity contribution in [3.8, 4) is 5.75 Å².